The van der Waals surface area contributed by atoms with Gasteiger partial charge in [0, 0.05) is 0 Å². The van der Waals surface area contributed by atoms with Crippen LogP contribution in [-0.4, -0.2) is 12.6 Å². The van der Waals surface area contributed by atoms with Gasteiger partial charge >= 0.3 is 0 Å². The van der Waals surface area contributed by atoms with Gasteiger partial charge in [-0.3, -0.25) is 0 Å². The van der Waals surface area contributed by atoms with Crippen molar-refractivity contribution in [1.82, 2.24) is 0 Å². The molecular formula is C5H7F3. The molecule has 0 radical (unpaired) electrons. The average Bonchev–Trinajstić information content (AvgIpc) is 1.67. The Hall–Kier alpha value is -0.470. The van der Waals surface area contributed by atoms with E-state index in [4.69, 9.17) is 0 Å². The molecule has 0 saturated heterocycles. The fraction of sp³-hybridized carbons (Fsp3) is 0.600. The largest absolute Gasteiger partial charge is 0.272 e. The summed E-state index contributed by atoms with van der Waals surface area (Å²) in [4.78, 5) is 0. The number of rotatable bonds is 2. The van der Waals surface area contributed by atoms with Crippen molar-refractivity contribution in [1.29, 1.82) is 0 Å². The van der Waals surface area contributed by atoms with E-state index in [-0.39, 0.29) is 0 Å². The summed E-state index contributed by atoms with van der Waals surface area (Å²) in [6.45, 7) is 1.50. The summed E-state index contributed by atoms with van der Waals surface area (Å²) >= 11 is 0. The van der Waals surface area contributed by atoms with Crippen molar-refractivity contribution < 1.29 is 13.2 Å². The fourth-order valence-electron chi connectivity index (χ4n) is 0.268. The summed E-state index contributed by atoms with van der Waals surface area (Å²) in [5.74, 6) is 0. The van der Waals surface area contributed by atoms with E-state index in [1.54, 1.807) is 0 Å². The van der Waals surface area contributed by atoms with Crippen LogP contribution < -0.4 is 0 Å². The Morgan fingerprint density at radius 1 is 1.25 bits per heavy atom. The molecule has 0 bridgehead atoms. The smallest absolute Gasteiger partial charge is 0.237 e. The Kier molecular flexibility index (Phi) is 3.31. The van der Waals surface area contributed by atoms with Crippen LogP contribution in [-0.2, 0) is 0 Å². The first-order chi connectivity index (χ1) is 3.68. The van der Waals surface area contributed by atoms with Gasteiger partial charge in [-0.05, 0) is 13.0 Å². The maximum absolute atomic E-state index is 11.7. The molecule has 0 heterocycles. The molecule has 0 saturated carbocycles. The highest BCUT2D eigenvalue weighted by Gasteiger charge is 2.13. The first kappa shape index (κ1) is 7.53. The Bertz CT molecular complexity index is 77.7. The third kappa shape index (κ3) is 2.66. The predicted molar refractivity (Wildman–Crippen MR) is 25.7 cm³/mol. The summed E-state index contributed by atoms with van der Waals surface area (Å²) in [7, 11) is 0. The zero-order valence-corrected chi connectivity index (χ0v) is 4.44. The van der Waals surface area contributed by atoms with Crippen LogP contribution in [0.1, 0.15) is 6.92 Å². The Morgan fingerprint density at radius 2 is 1.75 bits per heavy atom. The second kappa shape index (κ2) is 3.52. The van der Waals surface area contributed by atoms with Crippen LogP contribution in [0.25, 0.3) is 0 Å². The molecule has 48 valence electrons. The lowest BCUT2D eigenvalue weighted by Crippen LogP contribution is -2.07. The summed E-state index contributed by atoms with van der Waals surface area (Å²) in [6.07, 6.45) is -2.90. The summed E-state index contributed by atoms with van der Waals surface area (Å²) < 4.78 is 34.1. The lowest BCUT2D eigenvalue weighted by molar-refractivity contribution is 0.0750. The molecule has 0 aromatic rings. The number of allylic oxidation sites excluding steroid dienone is 2. The maximum atomic E-state index is 11.7. The normalized spacial score (nSPS) is 15.6. The maximum Gasteiger partial charge on any atom is 0.272 e. The summed E-state index contributed by atoms with van der Waals surface area (Å²) in [6, 6.07) is 0. The molecule has 0 nitrogen and oxygen atoms in total. The molecule has 8 heavy (non-hydrogen) atoms. The molecule has 0 aromatic heterocycles. The van der Waals surface area contributed by atoms with Crippen molar-refractivity contribution in [2.45, 2.75) is 19.5 Å². The second-order valence-corrected chi connectivity index (χ2v) is 1.30. The van der Waals surface area contributed by atoms with Crippen molar-refractivity contribution in [3.8, 4) is 0 Å². The quantitative estimate of drug-likeness (QED) is 0.495. The minimum atomic E-state index is -2.88. The van der Waals surface area contributed by atoms with Crippen LogP contribution in [0.3, 0.4) is 0 Å². The van der Waals surface area contributed by atoms with Crippen molar-refractivity contribution >= 4 is 0 Å². The topological polar surface area (TPSA) is 0 Å². The van der Waals surface area contributed by atoms with Gasteiger partial charge in [0.2, 0.25) is 0 Å². The van der Waals surface area contributed by atoms with E-state index in [0.29, 0.717) is 0 Å². The molecule has 1 unspecified atom stereocenters. The van der Waals surface area contributed by atoms with E-state index >= 15 is 0 Å². The number of alkyl halides is 3. The zero-order valence-electron chi connectivity index (χ0n) is 4.44. The molecule has 0 rings (SSSR count). The second-order valence-electron chi connectivity index (χ2n) is 1.30. The van der Waals surface area contributed by atoms with Crippen LogP contribution >= 0.6 is 0 Å². The first-order valence-electron chi connectivity index (χ1n) is 2.23. The highest BCUT2D eigenvalue weighted by Crippen LogP contribution is 2.05. The molecule has 1 atom stereocenters. The van der Waals surface area contributed by atoms with Gasteiger partial charge in [-0.15, -0.1) is 0 Å². The standard InChI is InChI=1S/C5H7F3/c1-2-3-4(6)5(7)8/h2-5H,1H3. The Morgan fingerprint density at radius 3 is 1.88 bits per heavy atom. The predicted octanol–water partition coefficient (Wildman–Crippen LogP) is 2.17. The van der Waals surface area contributed by atoms with Gasteiger partial charge in [0.25, 0.3) is 6.43 Å². The van der Waals surface area contributed by atoms with Crippen LogP contribution in [0, 0.1) is 0 Å². The zero-order chi connectivity index (χ0) is 6.57. The Labute approximate surface area is 46.0 Å². The minimum Gasteiger partial charge on any atom is -0.237 e. The Balaban J connectivity index is 3.47. The molecule has 0 fully saturated rings. The number of hydrogen-bond donors (Lipinski definition) is 0. The molecule has 0 amide bonds. The van der Waals surface area contributed by atoms with Gasteiger partial charge < -0.3 is 0 Å². The van der Waals surface area contributed by atoms with Gasteiger partial charge in [0.05, 0.1) is 0 Å². The monoisotopic (exact) mass is 124 g/mol. The van der Waals surface area contributed by atoms with Gasteiger partial charge in [-0.2, -0.15) is 0 Å². The van der Waals surface area contributed by atoms with Crippen LogP contribution in [0.5, 0.6) is 0 Å². The third-order valence-corrected chi connectivity index (χ3v) is 0.617. The number of hydrogen-bond acceptors (Lipinski definition) is 0. The summed E-state index contributed by atoms with van der Waals surface area (Å²) in [5.41, 5.74) is 0. The van der Waals surface area contributed by atoms with Crippen molar-refractivity contribution in [3.05, 3.63) is 12.2 Å². The molecule has 0 aliphatic carbocycles. The van der Waals surface area contributed by atoms with Crippen molar-refractivity contribution in [2.75, 3.05) is 0 Å². The fourth-order valence-corrected chi connectivity index (χ4v) is 0.268. The van der Waals surface area contributed by atoms with E-state index in [0.717, 1.165) is 6.08 Å². The van der Waals surface area contributed by atoms with Crippen molar-refractivity contribution in [3.63, 3.8) is 0 Å². The highest BCUT2D eigenvalue weighted by atomic mass is 19.3. The van der Waals surface area contributed by atoms with Gasteiger partial charge in [-0.1, -0.05) is 6.08 Å². The highest BCUT2D eigenvalue weighted by molar-refractivity contribution is 4.86. The molecule has 0 aromatic carbocycles. The van der Waals surface area contributed by atoms with Crippen LogP contribution in [0.4, 0.5) is 13.2 Å². The minimum absolute atomic E-state index is 0.824. The third-order valence-electron chi connectivity index (χ3n) is 0.617. The molecule has 0 aliphatic rings. The molecule has 0 aliphatic heterocycles. The van der Waals surface area contributed by atoms with E-state index in [1.165, 1.54) is 13.0 Å². The van der Waals surface area contributed by atoms with E-state index in [2.05, 4.69) is 0 Å². The van der Waals surface area contributed by atoms with Gasteiger partial charge in [-0.25, -0.2) is 13.2 Å². The molecular weight excluding hydrogens is 117 g/mol. The van der Waals surface area contributed by atoms with Gasteiger partial charge in [0.1, 0.15) is 0 Å². The van der Waals surface area contributed by atoms with E-state index < -0.39 is 12.6 Å². The summed E-state index contributed by atoms with van der Waals surface area (Å²) in [5, 5.41) is 0. The van der Waals surface area contributed by atoms with Crippen LogP contribution in [0.15, 0.2) is 12.2 Å². The molecule has 0 spiro atoms. The number of halogens is 3. The van der Waals surface area contributed by atoms with E-state index in [1.807, 2.05) is 0 Å². The van der Waals surface area contributed by atoms with E-state index in [9.17, 15) is 13.2 Å². The van der Waals surface area contributed by atoms with Gasteiger partial charge in [0.15, 0.2) is 6.17 Å². The average molecular weight is 124 g/mol. The molecule has 3 heteroatoms. The van der Waals surface area contributed by atoms with Crippen molar-refractivity contribution in [2.24, 2.45) is 0 Å². The van der Waals surface area contributed by atoms with Crippen LogP contribution in [0.2, 0.25) is 0 Å². The SMILES string of the molecule is CC=CC(F)C(F)F. The lowest BCUT2D eigenvalue weighted by atomic mass is 10.4. The molecule has 0 N–H and O–H groups in total. The first-order valence-corrected chi connectivity index (χ1v) is 2.23. The lowest BCUT2D eigenvalue weighted by Gasteiger charge is -1.96.